The molecule has 0 aliphatic carbocycles. The highest BCUT2D eigenvalue weighted by Gasteiger charge is 2.27. The van der Waals surface area contributed by atoms with Gasteiger partial charge in [0.05, 0.1) is 9.26 Å². The van der Waals surface area contributed by atoms with E-state index >= 15 is 0 Å². The van der Waals surface area contributed by atoms with Crippen LogP contribution in [0.5, 0.6) is 0 Å². The van der Waals surface area contributed by atoms with Gasteiger partial charge in [0.2, 0.25) is 0 Å². The summed E-state index contributed by atoms with van der Waals surface area (Å²) in [5, 5.41) is 2.85. The van der Waals surface area contributed by atoms with Crippen molar-refractivity contribution in [3.8, 4) is 0 Å². The average Bonchev–Trinajstić information content (AvgIpc) is 2.21. The smallest absolute Gasteiger partial charge is 0.372 e. The molecule has 0 fully saturated rings. The molecule has 96 valence electrons. The number of rotatable bonds is 4. The minimum atomic E-state index is -4.33. The lowest BCUT2D eigenvalue weighted by Crippen LogP contribution is -2.17. The van der Waals surface area contributed by atoms with Crippen LogP contribution in [0.25, 0.3) is 0 Å². The first kappa shape index (κ1) is 14.4. The molecule has 0 radical (unpaired) electrons. The maximum absolute atomic E-state index is 11.9. The van der Waals surface area contributed by atoms with Crippen LogP contribution in [0, 0.1) is 10.5 Å². The van der Waals surface area contributed by atoms with Crippen LogP contribution in [-0.4, -0.2) is 29.8 Å². The molecule has 8 heteroatoms. The highest BCUT2D eigenvalue weighted by atomic mass is 127. The van der Waals surface area contributed by atoms with Crippen LogP contribution >= 0.6 is 22.6 Å². The number of nitrogens with one attached hydrogen (secondary N) is 1. The number of aromatic nitrogens is 2. The van der Waals surface area contributed by atoms with Gasteiger partial charge in [0.1, 0.15) is 19.0 Å². The number of halogens is 4. The van der Waals surface area contributed by atoms with Crippen LogP contribution in [0.4, 0.5) is 19.0 Å². The molecule has 0 unspecified atom stereocenters. The van der Waals surface area contributed by atoms with Crippen LogP contribution < -0.4 is 5.32 Å². The van der Waals surface area contributed by atoms with Gasteiger partial charge in [-0.05, 0) is 29.5 Å². The highest BCUT2D eigenvalue weighted by molar-refractivity contribution is 14.1. The molecule has 1 aromatic heterocycles. The highest BCUT2D eigenvalue weighted by Crippen LogP contribution is 2.19. The second-order valence-electron chi connectivity index (χ2n) is 3.25. The molecule has 1 N–H and O–H groups in total. The lowest BCUT2D eigenvalue weighted by Gasteiger charge is -2.10. The van der Waals surface area contributed by atoms with Gasteiger partial charge in [-0.3, -0.25) is 0 Å². The summed E-state index contributed by atoms with van der Waals surface area (Å²) in [6, 6.07) is 0. The van der Waals surface area contributed by atoms with Gasteiger partial charge < -0.3 is 10.1 Å². The van der Waals surface area contributed by atoms with Crippen LogP contribution in [0.1, 0.15) is 11.5 Å². The van der Waals surface area contributed by atoms with Crippen molar-refractivity contribution in [2.45, 2.75) is 19.7 Å². The fourth-order valence-corrected chi connectivity index (χ4v) is 1.62. The summed E-state index contributed by atoms with van der Waals surface area (Å²) in [6.45, 7) is 0.208. The third kappa shape index (κ3) is 4.62. The van der Waals surface area contributed by atoms with Crippen molar-refractivity contribution >= 4 is 28.4 Å². The summed E-state index contributed by atoms with van der Waals surface area (Å²) < 4.78 is 40.9. The number of nitrogens with zero attached hydrogens (tertiary/aromatic N) is 2. The van der Waals surface area contributed by atoms with Gasteiger partial charge in [-0.2, -0.15) is 13.2 Å². The minimum Gasteiger partial charge on any atom is -0.372 e. The SMILES string of the molecule is CNc1nc(COCC(F)(F)F)nc(C)c1I. The molecule has 0 atom stereocenters. The first-order chi connectivity index (χ1) is 7.83. The Balaban J connectivity index is 2.69. The normalized spacial score (nSPS) is 11.6. The molecular formula is C9H11F3IN3O. The molecule has 0 aliphatic rings. The van der Waals surface area contributed by atoms with Crippen molar-refractivity contribution in [3.05, 3.63) is 15.1 Å². The molecule has 1 heterocycles. The van der Waals surface area contributed by atoms with Gasteiger partial charge in [0.25, 0.3) is 0 Å². The maximum atomic E-state index is 11.9. The van der Waals surface area contributed by atoms with E-state index in [0.29, 0.717) is 11.5 Å². The topological polar surface area (TPSA) is 47.0 Å². The Bertz CT molecular complexity index is 398. The predicted molar refractivity (Wildman–Crippen MR) is 64.7 cm³/mol. The van der Waals surface area contributed by atoms with Crippen molar-refractivity contribution in [1.82, 2.24) is 9.97 Å². The number of anilines is 1. The summed E-state index contributed by atoms with van der Waals surface area (Å²) in [5.41, 5.74) is 0.704. The zero-order valence-corrected chi connectivity index (χ0v) is 11.4. The quantitative estimate of drug-likeness (QED) is 0.838. The Labute approximate surface area is 110 Å². The van der Waals surface area contributed by atoms with Crippen molar-refractivity contribution in [1.29, 1.82) is 0 Å². The third-order valence-corrected chi connectivity index (χ3v) is 3.09. The Hall–Kier alpha value is -0.640. The maximum Gasteiger partial charge on any atom is 0.411 e. The van der Waals surface area contributed by atoms with Crippen molar-refractivity contribution < 1.29 is 17.9 Å². The number of aryl methyl sites for hydroxylation is 1. The van der Waals surface area contributed by atoms with Gasteiger partial charge in [-0.15, -0.1) is 0 Å². The van der Waals surface area contributed by atoms with Crippen molar-refractivity contribution in [2.75, 3.05) is 19.0 Å². The molecule has 0 bridgehead atoms. The summed E-state index contributed by atoms with van der Waals surface area (Å²) in [5.74, 6) is 0.820. The third-order valence-electron chi connectivity index (χ3n) is 1.80. The molecule has 0 amide bonds. The van der Waals surface area contributed by atoms with E-state index in [1.54, 1.807) is 14.0 Å². The summed E-state index contributed by atoms with van der Waals surface area (Å²) in [6.07, 6.45) is -4.33. The fraction of sp³-hybridized carbons (Fsp3) is 0.556. The molecular weight excluding hydrogens is 350 g/mol. The fourth-order valence-electron chi connectivity index (χ4n) is 1.11. The van der Waals surface area contributed by atoms with Crippen molar-refractivity contribution in [2.24, 2.45) is 0 Å². The number of alkyl halides is 3. The Morgan fingerprint density at radius 3 is 2.53 bits per heavy atom. The van der Waals surface area contributed by atoms with Crippen molar-refractivity contribution in [3.63, 3.8) is 0 Å². The van der Waals surface area contributed by atoms with Crippen LogP contribution in [0.3, 0.4) is 0 Å². The van der Waals surface area contributed by atoms with E-state index in [9.17, 15) is 13.2 Å². The molecule has 4 nitrogen and oxygen atoms in total. The second-order valence-corrected chi connectivity index (χ2v) is 4.32. The predicted octanol–water partition coefficient (Wildman–Crippen LogP) is 2.51. The Kier molecular flexibility index (Phi) is 4.92. The van der Waals surface area contributed by atoms with E-state index in [1.165, 1.54) is 0 Å². The van der Waals surface area contributed by atoms with E-state index in [-0.39, 0.29) is 12.4 Å². The monoisotopic (exact) mass is 361 g/mol. The van der Waals surface area contributed by atoms with E-state index in [4.69, 9.17) is 0 Å². The second kappa shape index (κ2) is 5.80. The van der Waals surface area contributed by atoms with Gasteiger partial charge in [0, 0.05) is 7.05 Å². The van der Waals surface area contributed by atoms with E-state index in [0.717, 1.165) is 3.57 Å². The zero-order valence-electron chi connectivity index (χ0n) is 9.23. The van der Waals surface area contributed by atoms with Crippen LogP contribution in [0.15, 0.2) is 0 Å². The Morgan fingerprint density at radius 2 is 2.00 bits per heavy atom. The Morgan fingerprint density at radius 1 is 1.35 bits per heavy atom. The molecule has 17 heavy (non-hydrogen) atoms. The molecule has 0 spiro atoms. The number of hydrogen-bond acceptors (Lipinski definition) is 4. The van der Waals surface area contributed by atoms with Crippen LogP contribution in [0.2, 0.25) is 0 Å². The van der Waals surface area contributed by atoms with E-state index in [1.807, 2.05) is 0 Å². The van der Waals surface area contributed by atoms with Gasteiger partial charge >= 0.3 is 6.18 Å². The average molecular weight is 361 g/mol. The summed E-state index contributed by atoms with van der Waals surface area (Å²) in [7, 11) is 1.68. The molecule has 0 aliphatic heterocycles. The number of hydrogen-bond donors (Lipinski definition) is 1. The zero-order chi connectivity index (χ0) is 13.1. The summed E-state index contributed by atoms with van der Waals surface area (Å²) in [4.78, 5) is 8.10. The largest absolute Gasteiger partial charge is 0.411 e. The van der Waals surface area contributed by atoms with Crippen LogP contribution in [-0.2, 0) is 11.3 Å². The molecule has 0 saturated carbocycles. The van der Waals surface area contributed by atoms with Gasteiger partial charge in [0.15, 0.2) is 5.82 Å². The first-order valence-corrected chi connectivity index (χ1v) is 5.76. The number of ether oxygens (including phenoxy) is 1. The minimum absolute atomic E-state index is 0.233. The molecule has 1 aromatic rings. The van der Waals surface area contributed by atoms with E-state index < -0.39 is 12.8 Å². The molecule has 1 rings (SSSR count). The molecule has 0 aromatic carbocycles. The lowest BCUT2D eigenvalue weighted by atomic mass is 10.4. The standard InChI is InChI=1S/C9H11F3IN3O/c1-5-7(13)8(14-2)16-6(15-5)3-17-4-9(10,11)12/h3-4H2,1-2H3,(H,14,15,16). The van der Waals surface area contributed by atoms with Gasteiger partial charge in [-0.1, -0.05) is 0 Å². The lowest BCUT2D eigenvalue weighted by molar-refractivity contribution is -0.177. The van der Waals surface area contributed by atoms with E-state index in [2.05, 4.69) is 42.6 Å². The summed E-state index contributed by atoms with van der Waals surface area (Å²) >= 11 is 2.06. The molecule has 0 saturated heterocycles. The van der Waals surface area contributed by atoms with Gasteiger partial charge in [-0.25, -0.2) is 9.97 Å². The first-order valence-electron chi connectivity index (χ1n) is 4.68.